The predicted molar refractivity (Wildman–Crippen MR) is 243 cm³/mol. The summed E-state index contributed by atoms with van der Waals surface area (Å²) in [5.74, 6) is 0.693. The van der Waals surface area contributed by atoms with Crippen LogP contribution in [0.15, 0.2) is 73.1 Å². The van der Waals surface area contributed by atoms with Gasteiger partial charge in [0.1, 0.15) is 17.0 Å². The molecular formula is C42H42Cl4N6O6S2. The van der Waals surface area contributed by atoms with E-state index < -0.39 is 23.4 Å². The Morgan fingerprint density at radius 1 is 0.667 bits per heavy atom. The van der Waals surface area contributed by atoms with E-state index in [-0.39, 0.29) is 30.1 Å². The monoisotopic (exact) mass is 930 g/mol. The number of anilines is 2. The first-order valence-electron chi connectivity index (χ1n) is 18.3. The summed E-state index contributed by atoms with van der Waals surface area (Å²) in [6.07, 6.45) is 1.36. The number of rotatable bonds is 9. The van der Waals surface area contributed by atoms with Crippen LogP contribution in [0.3, 0.4) is 0 Å². The minimum Gasteiger partial charge on any atom is -0.443 e. The quantitative estimate of drug-likeness (QED) is 0.120. The number of nitrogens with zero attached hydrogens (tertiary/aromatic N) is 3. The van der Waals surface area contributed by atoms with E-state index in [1.54, 1.807) is 78.1 Å². The number of hydrogen-bond donors (Lipinski definition) is 3. The van der Waals surface area contributed by atoms with Gasteiger partial charge in [-0.25, -0.2) is 19.6 Å². The van der Waals surface area contributed by atoms with Gasteiger partial charge in [0.05, 0.1) is 31.6 Å². The number of nitrogens with two attached hydrogens (primary N) is 1. The van der Waals surface area contributed by atoms with E-state index >= 15 is 0 Å². The molecule has 6 rings (SSSR count). The fraction of sp³-hybridized carbons (Fsp3) is 0.286. The second-order valence-corrected chi connectivity index (χ2v) is 18.8. The topological polar surface area (TPSA) is 166 Å². The number of amides is 4. The molecule has 0 spiro atoms. The Morgan fingerprint density at radius 2 is 1.10 bits per heavy atom. The van der Waals surface area contributed by atoms with Crippen molar-refractivity contribution in [3.8, 4) is 0 Å². The van der Waals surface area contributed by atoms with Crippen molar-refractivity contribution in [1.29, 1.82) is 0 Å². The molecule has 4 aromatic heterocycles. The molecule has 2 aromatic carbocycles. The summed E-state index contributed by atoms with van der Waals surface area (Å²) in [5, 5.41) is 9.88. The van der Waals surface area contributed by atoms with Gasteiger partial charge in [-0.05, 0) is 99.8 Å². The minimum absolute atomic E-state index is 0.0819. The summed E-state index contributed by atoms with van der Waals surface area (Å²) in [5.41, 5.74) is 5.93. The molecule has 0 radical (unpaired) electrons. The summed E-state index contributed by atoms with van der Waals surface area (Å²) in [6.45, 7) is 10.9. The predicted octanol–water partition coefficient (Wildman–Crippen LogP) is 11.5. The molecule has 18 heteroatoms. The number of fused-ring (bicyclic) bond motifs is 2. The molecule has 4 heterocycles. The number of thiophene rings is 2. The third-order valence-corrected chi connectivity index (χ3v) is 12.2. The second-order valence-electron chi connectivity index (χ2n) is 15.1. The Balaban J connectivity index is 0.000000253. The second kappa shape index (κ2) is 19.8. The van der Waals surface area contributed by atoms with E-state index in [1.807, 2.05) is 30.3 Å². The Morgan fingerprint density at radius 3 is 1.53 bits per heavy atom. The van der Waals surface area contributed by atoms with Crippen LogP contribution in [0, 0.1) is 0 Å². The van der Waals surface area contributed by atoms with Crippen LogP contribution in [0.4, 0.5) is 21.2 Å². The van der Waals surface area contributed by atoms with Gasteiger partial charge in [-0.3, -0.25) is 9.59 Å². The summed E-state index contributed by atoms with van der Waals surface area (Å²) in [6, 6.07) is 18.1. The maximum Gasteiger partial charge on any atom is 0.425 e. The number of nitrogens with one attached hydrogen (secondary N) is 2. The third kappa shape index (κ3) is 12.2. The minimum atomic E-state index is -0.899. The molecule has 0 aliphatic carbocycles. The average molecular weight is 933 g/mol. The molecular weight excluding hydrogens is 890 g/mol. The zero-order valence-electron chi connectivity index (χ0n) is 33.5. The maximum atomic E-state index is 13.1. The SMILES string of the molecule is CC(C)(C)OC(=O)N(C(=O)OC(C)(C)C)c1nccc2cc(CNC(=O)c3cc(Cl)c(CCl)s3)ccc12.Nc1nccc2cc(CNC(=O)c3cc(Cl)c(CCl)s3)ccc12. The standard InChI is InChI=1S/C26H29Cl2N3O5S.C16H13Cl2N3OS/c1-25(2,3)35-23(33)31(24(34)36-26(4,5)6)21-17-8-7-15(11-16(17)9-10-29-21)14-30-22(32)19-12-18(28)20(13-27)37-19;17-7-14-12(18)6-13(23-14)16(22)21-8-9-1-2-11-10(5-9)3-4-20-15(11)19/h7-12H,13-14H2,1-6H3,(H,30,32);1-6H,7-8H2,(H2,19,20)(H,21,22). The number of alkyl halides is 2. The number of imide groups is 1. The Bertz CT molecular complexity index is 2520. The normalized spacial score (nSPS) is 11.4. The number of aromatic nitrogens is 2. The van der Waals surface area contributed by atoms with Crippen LogP contribution >= 0.6 is 69.1 Å². The van der Waals surface area contributed by atoms with Gasteiger partial charge in [-0.2, -0.15) is 4.90 Å². The van der Waals surface area contributed by atoms with E-state index in [0.717, 1.165) is 36.6 Å². The van der Waals surface area contributed by atoms with Crippen LogP contribution in [0.5, 0.6) is 0 Å². The van der Waals surface area contributed by atoms with Gasteiger partial charge < -0.3 is 25.8 Å². The van der Waals surface area contributed by atoms with Crippen molar-refractivity contribution in [2.45, 2.75) is 77.6 Å². The summed E-state index contributed by atoms with van der Waals surface area (Å²) in [7, 11) is 0. The molecule has 60 heavy (non-hydrogen) atoms. The number of pyridine rings is 2. The number of ether oxygens (including phenoxy) is 2. The lowest BCUT2D eigenvalue weighted by Gasteiger charge is -2.28. The van der Waals surface area contributed by atoms with Crippen molar-refractivity contribution in [2.24, 2.45) is 0 Å². The van der Waals surface area contributed by atoms with E-state index in [1.165, 1.54) is 28.9 Å². The first-order valence-corrected chi connectivity index (χ1v) is 21.7. The average Bonchev–Trinajstić information content (AvgIpc) is 3.76. The molecule has 316 valence electrons. The highest BCUT2D eigenvalue weighted by Gasteiger charge is 2.34. The van der Waals surface area contributed by atoms with Crippen molar-refractivity contribution < 1.29 is 28.7 Å². The molecule has 0 saturated heterocycles. The molecule has 0 saturated carbocycles. The molecule has 0 unspecified atom stereocenters. The maximum absolute atomic E-state index is 13.1. The molecule has 0 fully saturated rings. The lowest BCUT2D eigenvalue weighted by molar-refractivity contribution is 0.0429. The summed E-state index contributed by atoms with van der Waals surface area (Å²) < 4.78 is 10.9. The van der Waals surface area contributed by atoms with Crippen LogP contribution in [0.2, 0.25) is 10.0 Å². The lowest BCUT2D eigenvalue weighted by atomic mass is 10.1. The van der Waals surface area contributed by atoms with Crippen LogP contribution < -0.4 is 21.3 Å². The third-order valence-electron chi connectivity index (χ3n) is 8.14. The number of carbonyl (C=O) groups is 4. The molecule has 4 amide bonds. The molecule has 12 nitrogen and oxygen atoms in total. The first-order chi connectivity index (χ1) is 28.3. The summed E-state index contributed by atoms with van der Waals surface area (Å²) in [4.78, 5) is 62.6. The molecule has 0 aliphatic rings. The molecule has 4 N–H and O–H groups in total. The van der Waals surface area contributed by atoms with Crippen molar-refractivity contribution in [1.82, 2.24) is 20.6 Å². The van der Waals surface area contributed by atoms with Gasteiger partial charge >= 0.3 is 12.2 Å². The highest BCUT2D eigenvalue weighted by molar-refractivity contribution is 7.15. The van der Waals surface area contributed by atoms with Crippen LogP contribution in [0.25, 0.3) is 21.5 Å². The Kier molecular flexibility index (Phi) is 15.3. The Hall–Kier alpha value is -4.70. The van der Waals surface area contributed by atoms with Gasteiger partial charge in [-0.15, -0.1) is 45.9 Å². The largest absolute Gasteiger partial charge is 0.443 e. The number of nitrogen functional groups attached to an aromatic ring is 1. The number of halogens is 4. The smallest absolute Gasteiger partial charge is 0.425 e. The van der Waals surface area contributed by atoms with E-state index in [0.29, 0.717) is 48.8 Å². The van der Waals surface area contributed by atoms with Crippen molar-refractivity contribution in [3.63, 3.8) is 0 Å². The van der Waals surface area contributed by atoms with E-state index in [4.69, 9.17) is 61.6 Å². The van der Waals surface area contributed by atoms with Gasteiger partial charge in [0.15, 0.2) is 5.82 Å². The molecule has 6 aromatic rings. The van der Waals surface area contributed by atoms with Gasteiger partial charge in [0.2, 0.25) is 0 Å². The lowest BCUT2D eigenvalue weighted by Crippen LogP contribution is -2.44. The number of carbonyl (C=O) groups excluding carboxylic acids is 4. The molecule has 0 aliphatic heterocycles. The van der Waals surface area contributed by atoms with Gasteiger partial charge in [0.25, 0.3) is 11.8 Å². The van der Waals surface area contributed by atoms with Crippen molar-refractivity contribution >= 4 is 126 Å². The highest BCUT2D eigenvalue weighted by atomic mass is 35.5. The number of hydrogen-bond acceptors (Lipinski definition) is 11. The van der Waals surface area contributed by atoms with Crippen molar-refractivity contribution in [2.75, 3.05) is 10.6 Å². The Labute approximate surface area is 375 Å². The first kappa shape index (κ1) is 46.4. The summed E-state index contributed by atoms with van der Waals surface area (Å²) >= 11 is 26.3. The molecule has 0 atom stereocenters. The van der Waals surface area contributed by atoms with Crippen LogP contribution in [0.1, 0.15) is 81.8 Å². The zero-order chi connectivity index (χ0) is 43.9. The fourth-order valence-corrected chi connectivity index (χ4v) is 8.58. The fourth-order valence-electron chi connectivity index (χ4n) is 5.48. The van der Waals surface area contributed by atoms with Crippen LogP contribution in [-0.4, -0.2) is 45.2 Å². The number of benzene rings is 2. The molecule has 0 bridgehead atoms. The van der Waals surface area contributed by atoms with Gasteiger partial charge in [-0.1, -0.05) is 47.5 Å². The zero-order valence-corrected chi connectivity index (χ0v) is 38.1. The van der Waals surface area contributed by atoms with Gasteiger partial charge in [0, 0.05) is 46.0 Å². The van der Waals surface area contributed by atoms with Crippen LogP contribution in [-0.2, 0) is 34.3 Å². The van der Waals surface area contributed by atoms with E-state index in [9.17, 15) is 19.2 Å². The van der Waals surface area contributed by atoms with E-state index in [2.05, 4.69) is 20.6 Å². The van der Waals surface area contributed by atoms with Crippen molar-refractivity contribution in [3.05, 3.63) is 114 Å². The highest BCUT2D eigenvalue weighted by Crippen LogP contribution is 2.31.